The molecule has 1 unspecified atom stereocenters. The minimum atomic E-state index is -0.855. The molecule has 3 N–H and O–H groups in total. The van der Waals surface area contributed by atoms with Crippen molar-refractivity contribution in [2.24, 2.45) is 0 Å². The fourth-order valence-electron chi connectivity index (χ4n) is 1.82. The van der Waals surface area contributed by atoms with Crippen molar-refractivity contribution in [3.8, 4) is 0 Å². The van der Waals surface area contributed by atoms with Gasteiger partial charge in [-0.1, -0.05) is 12.1 Å². The summed E-state index contributed by atoms with van der Waals surface area (Å²) in [5.74, 6) is 1.17. The quantitative estimate of drug-likeness (QED) is 0.802. The lowest BCUT2D eigenvalue weighted by molar-refractivity contribution is 0.148. The number of rotatable bonds is 4. The number of anilines is 1. The van der Waals surface area contributed by atoms with Crippen molar-refractivity contribution in [3.63, 3.8) is 0 Å². The fraction of sp³-hybridized carbons (Fsp3) is 0.267. The molecule has 0 radical (unpaired) electrons. The van der Waals surface area contributed by atoms with E-state index in [0.717, 1.165) is 11.3 Å². The Hall–Kier alpha value is -2.27. The Bertz CT molecular complexity index is 592. The molecule has 2 amide bonds. The maximum absolute atomic E-state index is 11.7. The molecule has 2 aromatic rings. The molecule has 0 aliphatic rings. The van der Waals surface area contributed by atoms with Crippen LogP contribution < -0.4 is 10.6 Å². The maximum atomic E-state index is 11.7. The number of urea groups is 1. The van der Waals surface area contributed by atoms with Gasteiger partial charge in [-0.15, -0.1) is 0 Å². The van der Waals surface area contributed by atoms with Gasteiger partial charge in [0.25, 0.3) is 0 Å². The summed E-state index contributed by atoms with van der Waals surface area (Å²) in [5.41, 5.74) is 1.78. The number of aliphatic hydroxyl groups is 1. The first-order valence-electron chi connectivity index (χ1n) is 6.40. The number of aryl methyl sites for hydroxylation is 2. The number of furan rings is 1. The summed E-state index contributed by atoms with van der Waals surface area (Å²) in [7, 11) is 0. The molecule has 0 fully saturated rings. The molecule has 1 atom stereocenters. The van der Waals surface area contributed by atoms with Crippen LogP contribution in [0.4, 0.5) is 10.5 Å². The number of amides is 2. The first kappa shape index (κ1) is 14.1. The molecule has 0 aliphatic heterocycles. The first-order chi connectivity index (χ1) is 9.54. The van der Waals surface area contributed by atoms with Crippen molar-refractivity contribution in [2.75, 3.05) is 11.9 Å². The molecule has 1 aromatic heterocycles. The third-order valence-corrected chi connectivity index (χ3v) is 2.82. The van der Waals surface area contributed by atoms with Crippen LogP contribution in [0.5, 0.6) is 0 Å². The van der Waals surface area contributed by atoms with Gasteiger partial charge in [-0.25, -0.2) is 4.79 Å². The van der Waals surface area contributed by atoms with E-state index in [1.807, 2.05) is 25.1 Å². The lowest BCUT2D eigenvalue weighted by Gasteiger charge is -2.11. The highest BCUT2D eigenvalue weighted by Gasteiger charge is 2.12. The molecule has 1 heterocycles. The molecule has 5 heteroatoms. The zero-order valence-electron chi connectivity index (χ0n) is 11.5. The van der Waals surface area contributed by atoms with Crippen molar-refractivity contribution in [3.05, 3.63) is 53.5 Å². The summed E-state index contributed by atoms with van der Waals surface area (Å²) in [5, 5.41) is 15.2. The van der Waals surface area contributed by atoms with Crippen molar-refractivity contribution in [1.29, 1.82) is 0 Å². The predicted molar refractivity (Wildman–Crippen MR) is 76.6 cm³/mol. The highest BCUT2D eigenvalue weighted by Crippen LogP contribution is 2.15. The Morgan fingerprint density at radius 1 is 1.30 bits per heavy atom. The number of hydrogen-bond donors (Lipinski definition) is 3. The van der Waals surface area contributed by atoms with Gasteiger partial charge in [0.1, 0.15) is 17.6 Å². The normalized spacial score (nSPS) is 11.9. The topological polar surface area (TPSA) is 74.5 Å². The van der Waals surface area contributed by atoms with Crippen molar-refractivity contribution < 1.29 is 14.3 Å². The van der Waals surface area contributed by atoms with Crippen LogP contribution in [0.25, 0.3) is 0 Å². The molecular formula is C15H18N2O3. The molecule has 0 saturated carbocycles. The molecule has 2 rings (SSSR count). The van der Waals surface area contributed by atoms with Gasteiger partial charge in [0.2, 0.25) is 0 Å². The molecule has 20 heavy (non-hydrogen) atoms. The SMILES string of the molecule is Cc1cccc(NC(=O)NCC(O)c2ccc(C)o2)c1. The van der Waals surface area contributed by atoms with Crippen molar-refractivity contribution in [2.45, 2.75) is 20.0 Å². The number of aliphatic hydroxyl groups excluding tert-OH is 1. The largest absolute Gasteiger partial charge is 0.464 e. The second kappa shape index (κ2) is 6.25. The highest BCUT2D eigenvalue weighted by molar-refractivity contribution is 5.89. The van der Waals surface area contributed by atoms with Crippen LogP contribution >= 0.6 is 0 Å². The summed E-state index contributed by atoms with van der Waals surface area (Å²) in [6, 6.07) is 10.6. The Kier molecular flexibility index (Phi) is 4.42. The smallest absolute Gasteiger partial charge is 0.319 e. The Labute approximate surface area is 117 Å². The van der Waals surface area contributed by atoms with Crippen LogP contribution in [0.2, 0.25) is 0 Å². The second-order valence-electron chi connectivity index (χ2n) is 4.67. The average molecular weight is 274 g/mol. The van der Waals surface area contributed by atoms with Gasteiger partial charge in [0, 0.05) is 5.69 Å². The van der Waals surface area contributed by atoms with Gasteiger partial charge < -0.3 is 20.2 Å². The van der Waals surface area contributed by atoms with E-state index in [2.05, 4.69) is 10.6 Å². The highest BCUT2D eigenvalue weighted by atomic mass is 16.4. The van der Waals surface area contributed by atoms with Crippen LogP contribution in [0.15, 0.2) is 40.8 Å². The van der Waals surface area contributed by atoms with E-state index >= 15 is 0 Å². The van der Waals surface area contributed by atoms with Gasteiger partial charge in [0.05, 0.1) is 6.54 Å². The lowest BCUT2D eigenvalue weighted by Crippen LogP contribution is -2.32. The molecule has 0 spiro atoms. The molecule has 106 valence electrons. The fourth-order valence-corrected chi connectivity index (χ4v) is 1.82. The van der Waals surface area contributed by atoms with Crippen LogP contribution in [-0.4, -0.2) is 17.7 Å². The average Bonchev–Trinajstić information content (AvgIpc) is 2.83. The summed E-state index contributed by atoms with van der Waals surface area (Å²) in [6.45, 7) is 3.84. The Balaban J connectivity index is 1.83. The lowest BCUT2D eigenvalue weighted by atomic mass is 10.2. The molecule has 0 aliphatic carbocycles. The van der Waals surface area contributed by atoms with E-state index in [-0.39, 0.29) is 12.6 Å². The summed E-state index contributed by atoms with van der Waals surface area (Å²) >= 11 is 0. The number of nitrogens with one attached hydrogen (secondary N) is 2. The van der Waals surface area contributed by atoms with Crippen molar-refractivity contribution >= 4 is 11.7 Å². The van der Waals surface area contributed by atoms with Gasteiger partial charge >= 0.3 is 6.03 Å². The van der Waals surface area contributed by atoms with E-state index in [0.29, 0.717) is 11.4 Å². The molecular weight excluding hydrogens is 256 g/mol. The second-order valence-corrected chi connectivity index (χ2v) is 4.67. The molecule has 0 bridgehead atoms. The standard InChI is InChI=1S/C15H18N2O3/c1-10-4-3-5-12(8-10)17-15(19)16-9-13(18)14-7-6-11(2)20-14/h3-8,13,18H,9H2,1-2H3,(H2,16,17,19). The minimum Gasteiger partial charge on any atom is -0.464 e. The van der Waals surface area contributed by atoms with E-state index < -0.39 is 6.10 Å². The van der Waals surface area contributed by atoms with Gasteiger partial charge in [-0.05, 0) is 43.7 Å². The van der Waals surface area contributed by atoms with E-state index in [4.69, 9.17) is 4.42 Å². The van der Waals surface area contributed by atoms with E-state index in [1.165, 1.54) is 0 Å². The Morgan fingerprint density at radius 2 is 2.10 bits per heavy atom. The third-order valence-electron chi connectivity index (χ3n) is 2.82. The van der Waals surface area contributed by atoms with E-state index in [9.17, 15) is 9.90 Å². The minimum absolute atomic E-state index is 0.0879. The first-order valence-corrected chi connectivity index (χ1v) is 6.40. The molecule has 0 saturated heterocycles. The van der Waals surface area contributed by atoms with Gasteiger partial charge in [-0.2, -0.15) is 0 Å². The molecule has 1 aromatic carbocycles. The Morgan fingerprint density at radius 3 is 2.75 bits per heavy atom. The number of carbonyl (C=O) groups excluding carboxylic acids is 1. The van der Waals surface area contributed by atoms with Gasteiger partial charge in [-0.3, -0.25) is 0 Å². The van der Waals surface area contributed by atoms with Gasteiger partial charge in [0.15, 0.2) is 0 Å². The van der Waals surface area contributed by atoms with Crippen LogP contribution in [0.1, 0.15) is 23.2 Å². The van der Waals surface area contributed by atoms with Crippen LogP contribution in [0, 0.1) is 13.8 Å². The maximum Gasteiger partial charge on any atom is 0.319 e. The number of benzene rings is 1. The summed E-state index contributed by atoms with van der Waals surface area (Å²) in [6.07, 6.45) is -0.855. The number of carbonyl (C=O) groups is 1. The summed E-state index contributed by atoms with van der Waals surface area (Å²) < 4.78 is 5.29. The third kappa shape index (κ3) is 3.86. The van der Waals surface area contributed by atoms with Crippen molar-refractivity contribution in [1.82, 2.24) is 5.32 Å². The zero-order chi connectivity index (χ0) is 14.5. The zero-order valence-corrected chi connectivity index (χ0v) is 11.5. The predicted octanol–water partition coefficient (Wildman–Crippen LogP) is 2.75. The monoisotopic (exact) mass is 274 g/mol. The van der Waals surface area contributed by atoms with E-state index in [1.54, 1.807) is 25.1 Å². The van der Waals surface area contributed by atoms with Crippen LogP contribution in [0.3, 0.4) is 0 Å². The number of hydrogen-bond acceptors (Lipinski definition) is 3. The molecule has 5 nitrogen and oxygen atoms in total. The van der Waals surface area contributed by atoms with Crippen LogP contribution in [-0.2, 0) is 0 Å². The summed E-state index contributed by atoms with van der Waals surface area (Å²) in [4.78, 5) is 11.7.